The highest BCUT2D eigenvalue weighted by Gasteiger charge is 2.39. The van der Waals surface area contributed by atoms with Crippen LogP contribution in [0.4, 0.5) is 11.4 Å². The van der Waals surface area contributed by atoms with Gasteiger partial charge in [-0.3, -0.25) is 0 Å². The molecule has 23 heavy (non-hydrogen) atoms. The topological polar surface area (TPSA) is 37.4 Å². The van der Waals surface area contributed by atoms with Gasteiger partial charge in [-0.1, -0.05) is 23.7 Å². The second kappa shape index (κ2) is 6.93. The van der Waals surface area contributed by atoms with Gasteiger partial charge in [0.1, 0.15) is 4.58 Å². The lowest BCUT2D eigenvalue weighted by Gasteiger charge is -2.35. The molecule has 0 N–H and O–H groups in total. The van der Waals surface area contributed by atoms with Crippen LogP contribution in [0, 0.1) is 0 Å². The third-order valence-electron chi connectivity index (χ3n) is 3.56. The normalized spacial score (nSPS) is 19.4. The van der Waals surface area contributed by atoms with E-state index in [4.69, 9.17) is 23.2 Å². The minimum Gasteiger partial charge on any atom is -0.236 e. The van der Waals surface area contributed by atoms with Crippen molar-refractivity contribution in [2.24, 2.45) is 0 Å². The minimum atomic E-state index is -3.52. The molecule has 0 saturated heterocycles. The van der Waals surface area contributed by atoms with Crippen molar-refractivity contribution in [1.29, 1.82) is 0 Å². The largest absolute Gasteiger partial charge is 0.252 e. The zero-order chi connectivity index (χ0) is 16.4. The van der Waals surface area contributed by atoms with Crippen molar-refractivity contribution in [1.82, 2.24) is 0 Å². The number of thioether (sulfide) groups is 1. The van der Waals surface area contributed by atoms with Gasteiger partial charge in [0, 0.05) is 15.8 Å². The van der Waals surface area contributed by atoms with Crippen LogP contribution in [-0.2, 0) is 10.0 Å². The van der Waals surface area contributed by atoms with Crippen molar-refractivity contribution < 1.29 is 8.42 Å². The standard InChI is InChI=1S/C16H15Cl2NO2S2/c17-11-3-6-16-22-15-5-2-1-4-14(15)19(23(16,20)21)13-9-7-12(18)8-10-13/h1-2,4-5,7-10,16H,3,6,11H2. The number of hydrogen-bond acceptors (Lipinski definition) is 3. The molecule has 2 aromatic rings. The number of alkyl halides is 1. The zero-order valence-electron chi connectivity index (χ0n) is 12.2. The van der Waals surface area contributed by atoms with Gasteiger partial charge in [-0.2, -0.15) is 0 Å². The summed E-state index contributed by atoms with van der Waals surface area (Å²) in [4.78, 5) is 0.955. The molecule has 3 nitrogen and oxygen atoms in total. The molecule has 0 bridgehead atoms. The maximum atomic E-state index is 13.1. The third-order valence-corrected chi connectivity index (χ3v) is 8.02. The molecule has 1 aliphatic heterocycles. The zero-order valence-corrected chi connectivity index (χ0v) is 15.3. The van der Waals surface area contributed by atoms with Crippen LogP contribution in [0.1, 0.15) is 12.8 Å². The molecule has 0 amide bonds. The molecule has 0 saturated carbocycles. The molecule has 1 atom stereocenters. The number of fused-ring (bicyclic) bond motifs is 1. The summed E-state index contributed by atoms with van der Waals surface area (Å²) >= 11 is 13.1. The molecule has 0 spiro atoms. The Balaban J connectivity index is 2.11. The van der Waals surface area contributed by atoms with Crippen LogP contribution >= 0.6 is 35.0 Å². The van der Waals surface area contributed by atoms with E-state index in [9.17, 15) is 8.42 Å². The number of sulfonamides is 1. The summed E-state index contributed by atoms with van der Waals surface area (Å²) in [5, 5.41) is 0.574. The number of anilines is 2. The van der Waals surface area contributed by atoms with Crippen molar-refractivity contribution in [3.63, 3.8) is 0 Å². The summed E-state index contributed by atoms with van der Waals surface area (Å²) < 4.78 is 27.1. The van der Waals surface area contributed by atoms with Crippen LogP contribution < -0.4 is 4.31 Å². The van der Waals surface area contributed by atoms with E-state index in [1.54, 1.807) is 24.3 Å². The predicted octanol–water partition coefficient (Wildman–Crippen LogP) is 5.26. The Morgan fingerprint density at radius 2 is 1.78 bits per heavy atom. The van der Waals surface area contributed by atoms with Crippen LogP contribution in [-0.4, -0.2) is 18.9 Å². The van der Waals surface area contributed by atoms with Gasteiger partial charge in [-0.15, -0.1) is 23.4 Å². The molecule has 1 aliphatic rings. The van der Waals surface area contributed by atoms with Crippen LogP contribution in [0.2, 0.25) is 5.02 Å². The fourth-order valence-corrected chi connectivity index (χ4v) is 6.44. The lowest BCUT2D eigenvalue weighted by Crippen LogP contribution is -2.37. The first kappa shape index (κ1) is 17.0. The summed E-state index contributed by atoms with van der Waals surface area (Å²) in [6.45, 7) is 0. The average Bonchev–Trinajstić information content (AvgIpc) is 2.54. The Hall–Kier alpha value is -0.880. The Bertz CT molecular complexity index is 794. The van der Waals surface area contributed by atoms with E-state index in [1.165, 1.54) is 16.1 Å². The molecule has 7 heteroatoms. The van der Waals surface area contributed by atoms with Gasteiger partial charge in [0.25, 0.3) is 10.0 Å². The smallest absolute Gasteiger partial charge is 0.236 e. The lowest BCUT2D eigenvalue weighted by atomic mass is 10.2. The monoisotopic (exact) mass is 387 g/mol. The molecule has 1 heterocycles. The Labute approximate surface area is 150 Å². The summed E-state index contributed by atoms with van der Waals surface area (Å²) in [6.07, 6.45) is 1.18. The van der Waals surface area contributed by atoms with E-state index in [2.05, 4.69) is 0 Å². The molecule has 0 fully saturated rings. The number of nitrogens with zero attached hydrogens (tertiary/aromatic N) is 1. The molecule has 2 aromatic carbocycles. The molecule has 0 aliphatic carbocycles. The van der Waals surface area contributed by atoms with E-state index >= 15 is 0 Å². The van der Waals surface area contributed by atoms with Gasteiger partial charge < -0.3 is 0 Å². The average molecular weight is 388 g/mol. The van der Waals surface area contributed by atoms with Gasteiger partial charge in [0.2, 0.25) is 0 Å². The lowest BCUT2D eigenvalue weighted by molar-refractivity contribution is 0.588. The summed E-state index contributed by atoms with van der Waals surface area (Å²) in [5.41, 5.74) is 1.28. The molecule has 3 rings (SSSR count). The maximum Gasteiger partial charge on any atom is 0.252 e. The fraction of sp³-hybridized carbons (Fsp3) is 0.250. The molecule has 0 radical (unpaired) electrons. The van der Waals surface area contributed by atoms with Crippen LogP contribution in [0.25, 0.3) is 0 Å². The SMILES string of the molecule is O=S1(=O)C(CCCCl)Sc2ccccc2N1c1ccc(Cl)cc1. The number of halogens is 2. The number of para-hydroxylation sites is 1. The van der Waals surface area contributed by atoms with Gasteiger partial charge in [-0.25, -0.2) is 12.7 Å². The van der Waals surface area contributed by atoms with E-state index in [-0.39, 0.29) is 0 Å². The number of benzene rings is 2. The molecule has 122 valence electrons. The van der Waals surface area contributed by atoms with Gasteiger partial charge in [0.15, 0.2) is 0 Å². The van der Waals surface area contributed by atoms with Gasteiger partial charge in [-0.05, 0) is 49.2 Å². The second-order valence-corrected chi connectivity index (χ2v) is 9.45. The van der Waals surface area contributed by atoms with Crippen molar-refractivity contribution in [3.05, 3.63) is 53.6 Å². The minimum absolute atomic E-state index is 0.454. The number of rotatable bonds is 4. The maximum absolute atomic E-state index is 13.1. The van der Waals surface area contributed by atoms with Gasteiger partial charge >= 0.3 is 0 Å². The highest BCUT2D eigenvalue weighted by atomic mass is 35.5. The Morgan fingerprint density at radius 3 is 2.48 bits per heavy atom. The van der Waals surface area contributed by atoms with Crippen LogP contribution in [0.15, 0.2) is 53.4 Å². The van der Waals surface area contributed by atoms with Crippen LogP contribution in [0.5, 0.6) is 0 Å². The van der Waals surface area contributed by atoms with Crippen molar-refractivity contribution in [2.45, 2.75) is 22.3 Å². The highest BCUT2D eigenvalue weighted by Crippen LogP contribution is 2.47. The predicted molar refractivity (Wildman–Crippen MR) is 98.6 cm³/mol. The molecule has 1 unspecified atom stereocenters. The van der Waals surface area contributed by atoms with Crippen molar-refractivity contribution in [2.75, 3.05) is 10.2 Å². The van der Waals surface area contributed by atoms with Crippen molar-refractivity contribution in [3.8, 4) is 0 Å². The summed E-state index contributed by atoms with van der Waals surface area (Å²) in [6, 6.07) is 14.4. The first-order valence-electron chi connectivity index (χ1n) is 7.15. The third kappa shape index (κ3) is 3.33. The van der Waals surface area contributed by atoms with Crippen LogP contribution in [0.3, 0.4) is 0 Å². The van der Waals surface area contributed by atoms with E-state index in [0.29, 0.717) is 35.1 Å². The summed E-state index contributed by atoms with van der Waals surface area (Å²) in [5.74, 6) is 0.454. The summed E-state index contributed by atoms with van der Waals surface area (Å²) in [7, 11) is -3.52. The Kier molecular flexibility index (Phi) is 5.11. The highest BCUT2D eigenvalue weighted by molar-refractivity contribution is 8.14. The first-order chi connectivity index (χ1) is 11.0. The van der Waals surface area contributed by atoms with E-state index < -0.39 is 14.6 Å². The van der Waals surface area contributed by atoms with E-state index in [1.807, 2.05) is 24.3 Å². The first-order valence-corrected chi connectivity index (χ1v) is 10.4. The fourth-order valence-electron chi connectivity index (χ4n) is 2.50. The molecular formula is C16H15Cl2NO2S2. The second-order valence-electron chi connectivity index (χ2n) is 5.13. The Morgan fingerprint density at radius 1 is 1.09 bits per heavy atom. The van der Waals surface area contributed by atoms with Crippen molar-refractivity contribution >= 4 is 56.4 Å². The molecule has 0 aromatic heterocycles. The molecular weight excluding hydrogens is 373 g/mol. The quantitative estimate of drug-likeness (QED) is 0.671. The number of hydrogen-bond donors (Lipinski definition) is 0. The van der Waals surface area contributed by atoms with Gasteiger partial charge in [0.05, 0.1) is 11.4 Å². The van der Waals surface area contributed by atoms with E-state index in [0.717, 1.165) is 4.90 Å².